The summed E-state index contributed by atoms with van der Waals surface area (Å²) in [7, 11) is 1.93. The molecule has 0 bridgehead atoms. The molecule has 10 heavy (non-hydrogen) atoms. The van der Waals surface area contributed by atoms with Crippen LogP contribution in [-0.4, -0.2) is 36.6 Å². The van der Waals surface area contributed by atoms with E-state index in [9.17, 15) is 4.79 Å². The van der Waals surface area contributed by atoms with Gasteiger partial charge in [0.05, 0.1) is 0 Å². The molecule has 0 aromatic heterocycles. The molecule has 1 heterocycles. The molecule has 56 valence electrons. The van der Waals surface area contributed by atoms with Crippen LogP contribution in [0, 0.1) is 0 Å². The Morgan fingerprint density at radius 3 is 2.90 bits per heavy atom. The Balaban J connectivity index is 2.46. The molecular weight excluding hydrogens is 133 g/mol. The van der Waals surface area contributed by atoms with Gasteiger partial charge in [0.15, 0.2) is 0 Å². The van der Waals surface area contributed by atoms with Crippen molar-refractivity contribution in [2.75, 3.05) is 6.54 Å². The van der Waals surface area contributed by atoms with Crippen LogP contribution >= 0.6 is 0 Å². The summed E-state index contributed by atoms with van der Waals surface area (Å²) in [6.45, 7) is 0.695. The maximum absolute atomic E-state index is 10.7. The Hall–Kier alpha value is -0.705. The number of nitrogens with zero attached hydrogens (tertiary/aromatic N) is 1. The van der Waals surface area contributed by atoms with Crippen LogP contribution in [0.4, 0.5) is 4.79 Å². The summed E-state index contributed by atoms with van der Waals surface area (Å²) in [5.41, 5.74) is 0. The van der Waals surface area contributed by atoms with Crippen molar-refractivity contribution in [1.82, 2.24) is 4.90 Å². The highest BCUT2D eigenvalue weighted by molar-refractivity contribution is 6.12. The molecule has 1 rings (SSSR count). The molecule has 1 fully saturated rings. The average Bonchev–Trinajstić information content (AvgIpc) is 2.34. The van der Waals surface area contributed by atoms with Gasteiger partial charge in [0.2, 0.25) is 0 Å². The summed E-state index contributed by atoms with van der Waals surface area (Å²) >= 11 is 0. The van der Waals surface area contributed by atoms with Gasteiger partial charge >= 0.3 is 6.09 Å². The van der Waals surface area contributed by atoms with Crippen molar-refractivity contribution < 1.29 is 14.9 Å². The molecule has 1 atom stereocenters. The van der Waals surface area contributed by atoms with E-state index in [0.29, 0.717) is 6.54 Å². The number of rotatable bonds is 0. The number of amides is 1. The summed E-state index contributed by atoms with van der Waals surface area (Å²) in [4.78, 5) is 15.8. The van der Waals surface area contributed by atoms with Gasteiger partial charge in [-0.1, -0.05) is 0 Å². The molecule has 0 aliphatic carbocycles. The molecule has 0 aromatic carbocycles. The van der Waals surface area contributed by atoms with Crippen molar-refractivity contribution in [2.45, 2.75) is 18.8 Å². The third-order valence-corrected chi connectivity index (χ3v) is 1.87. The van der Waals surface area contributed by atoms with Crippen LogP contribution < -0.4 is 0 Å². The molecule has 0 aromatic rings. The molecule has 1 aliphatic heterocycles. The summed E-state index contributed by atoms with van der Waals surface area (Å²) in [6, 6.07) is 0. The van der Waals surface area contributed by atoms with E-state index in [0.717, 1.165) is 12.8 Å². The molecule has 4 nitrogen and oxygen atoms in total. The molecular formula is C5H10BNO3. The van der Waals surface area contributed by atoms with Gasteiger partial charge in [-0.2, -0.15) is 5.26 Å². The lowest BCUT2D eigenvalue weighted by molar-refractivity contribution is -0.187. The second-order valence-electron chi connectivity index (χ2n) is 2.54. The zero-order chi connectivity index (χ0) is 7.56. The standard InChI is InChI=1S/C5H10BNO3/c6-4-2-1-3-7(4)5(8)10-9/h4,9H,1-3,6H2. The minimum absolute atomic E-state index is 0.208. The molecule has 1 unspecified atom stereocenters. The first-order chi connectivity index (χ1) is 4.75. The largest absolute Gasteiger partial charge is 0.440 e. The summed E-state index contributed by atoms with van der Waals surface area (Å²) in [6.07, 6.45) is 1.36. The topological polar surface area (TPSA) is 49.8 Å². The maximum Gasteiger partial charge on any atom is 0.440 e. The van der Waals surface area contributed by atoms with Crippen LogP contribution in [0.3, 0.4) is 0 Å². The van der Waals surface area contributed by atoms with Gasteiger partial charge in [0.25, 0.3) is 0 Å². The third kappa shape index (κ3) is 1.24. The zero-order valence-electron chi connectivity index (χ0n) is 5.91. The highest BCUT2D eigenvalue weighted by atomic mass is 17.1. The van der Waals surface area contributed by atoms with Crippen LogP contribution in [-0.2, 0) is 4.89 Å². The molecule has 1 aliphatic rings. The van der Waals surface area contributed by atoms with Gasteiger partial charge in [0.1, 0.15) is 7.85 Å². The van der Waals surface area contributed by atoms with Crippen molar-refractivity contribution in [1.29, 1.82) is 0 Å². The Morgan fingerprint density at radius 1 is 1.80 bits per heavy atom. The second-order valence-corrected chi connectivity index (χ2v) is 2.54. The first kappa shape index (κ1) is 7.40. The molecule has 1 amide bonds. The summed E-state index contributed by atoms with van der Waals surface area (Å²) in [5, 5.41) is 8.02. The van der Waals surface area contributed by atoms with Crippen LogP contribution in [0.2, 0.25) is 0 Å². The van der Waals surface area contributed by atoms with Crippen LogP contribution in [0.25, 0.3) is 0 Å². The van der Waals surface area contributed by atoms with Crippen LogP contribution in [0.5, 0.6) is 0 Å². The normalized spacial score (nSPS) is 24.9. The summed E-state index contributed by atoms with van der Waals surface area (Å²) in [5.74, 6) is 0.208. The Labute approximate surface area is 60.1 Å². The highest BCUT2D eigenvalue weighted by Crippen LogP contribution is 2.14. The smallest absolute Gasteiger partial charge is 0.311 e. The van der Waals surface area contributed by atoms with Gasteiger partial charge in [-0.05, 0) is 12.8 Å². The summed E-state index contributed by atoms with van der Waals surface area (Å²) < 4.78 is 0. The lowest BCUT2D eigenvalue weighted by Crippen LogP contribution is -2.35. The van der Waals surface area contributed by atoms with Gasteiger partial charge in [0, 0.05) is 12.5 Å². The first-order valence-electron chi connectivity index (χ1n) is 3.37. The van der Waals surface area contributed by atoms with Gasteiger partial charge in [-0.15, -0.1) is 0 Å². The minimum atomic E-state index is -0.634. The third-order valence-electron chi connectivity index (χ3n) is 1.87. The minimum Gasteiger partial charge on any atom is -0.311 e. The number of likely N-dealkylation sites (tertiary alicyclic amines) is 1. The van der Waals surface area contributed by atoms with Crippen LogP contribution in [0.15, 0.2) is 0 Å². The van der Waals surface area contributed by atoms with Crippen molar-refractivity contribution >= 4 is 13.9 Å². The van der Waals surface area contributed by atoms with E-state index in [4.69, 9.17) is 5.26 Å². The van der Waals surface area contributed by atoms with Gasteiger partial charge in [-0.25, -0.2) is 4.79 Å². The monoisotopic (exact) mass is 143 g/mol. The lowest BCUT2D eigenvalue weighted by Gasteiger charge is -2.17. The Kier molecular flexibility index (Phi) is 2.16. The fraction of sp³-hybridized carbons (Fsp3) is 0.800. The van der Waals surface area contributed by atoms with Crippen LogP contribution in [0.1, 0.15) is 12.8 Å². The number of carbonyl (C=O) groups is 1. The quantitative estimate of drug-likeness (QED) is 0.286. The van der Waals surface area contributed by atoms with E-state index in [2.05, 4.69) is 4.89 Å². The van der Waals surface area contributed by atoms with Crippen molar-refractivity contribution in [2.24, 2.45) is 0 Å². The molecule has 5 heteroatoms. The molecule has 1 saturated heterocycles. The van der Waals surface area contributed by atoms with Gasteiger partial charge in [-0.3, -0.25) is 4.89 Å². The SMILES string of the molecule is BC1CCCN1C(=O)OO. The molecule has 0 saturated carbocycles. The molecule has 0 spiro atoms. The number of carbonyl (C=O) groups excluding carboxylic acids is 1. The Bertz CT molecular complexity index is 141. The predicted molar refractivity (Wildman–Crippen MR) is 37.4 cm³/mol. The predicted octanol–water partition coefficient (Wildman–Crippen LogP) is -0.349. The average molecular weight is 143 g/mol. The lowest BCUT2D eigenvalue weighted by atomic mass is 9.94. The van der Waals surface area contributed by atoms with Crippen molar-refractivity contribution in [3.8, 4) is 0 Å². The fourth-order valence-corrected chi connectivity index (χ4v) is 1.26. The highest BCUT2D eigenvalue weighted by Gasteiger charge is 2.25. The molecule has 1 N–H and O–H groups in total. The van der Waals surface area contributed by atoms with Crippen molar-refractivity contribution in [3.63, 3.8) is 0 Å². The number of hydrogen-bond acceptors (Lipinski definition) is 3. The van der Waals surface area contributed by atoms with E-state index >= 15 is 0 Å². The maximum atomic E-state index is 10.7. The van der Waals surface area contributed by atoms with E-state index in [1.165, 1.54) is 4.90 Å². The Morgan fingerprint density at radius 2 is 2.50 bits per heavy atom. The van der Waals surface area contributed by atoms with E-state index in [-0.39, 0.29) is 5.94 Å². The van der Waals surface area contributed by atoms with E-state index in [1.54, 1.807) is 0 Å². The van der Waals surface area contributed by atoms with Crippen molar-refractivity contribution in [3.05, 3.63) is 0 Å². The van der Waals surface area contributed by atoms with Gasteiger partial charge < -0.3 is 4.90 Å². The molecule has 0 radical (unpaired) electrons. The number of hydrogen-bond donors (Lipinski definition) is 1. The first-order valence-corrected chi connectivity index (χ1v) is 3.37. The second kappa shape index (κ2) is 2.92. The van der Waals surface area contributed by atoms with E-state index in [1.807, 2.05) is 7.85 Å². The fourth-order valence-electron chi connectivity index (χ4n) is 1.26. The zero-order valence-corrected chi connectivity index (χ0v) is 5.91. The van der Waals surface area contributed by atoms with E-state index < -0.39 is 6.09 Å².